The highest BCUT2D eigenvalue weighted by Gasteiger charge is 2.06. The molecule has 0 atom stereocenters. The molecule has 0 bridgehead atoms. The fourth-order valence-corrected chi connectivity index (χ4v) is 2.22. The van der Waals surface area contributed by atoms with Crippen molar-refractivity contribution in [2.75, 3.05) is 10.6 Å². The number of benzene rings is 2. The molecule has 0 aliphatic carbocycles. The zero-order valence-electron chi connectivity index (χ0n) is 13.4. The fourth-order valence-electron chi connectivity index (χ4n) is 2.09. The largest absolute Gasteiger partial charge is 0.417 e. The second-order valence-electron chi connectivity index (χ2n) is 5.22. The summed E-state index contributed by atoms with van der Waals surface area (Å²) >= 11 is 5.81. The van der Waals surface area contributed by atoms with Crippen molar-refractivity contribution >= 4 is 34.9 Å². The summed E-state index contributed by atoms with van der Waals surface area (Å²) < 4.78 is 5.29. The van der Waals surface area contributed by atoms with Gasteiger partial charge in [0, 0.05) is 34.2 Å². The summed E-state index contributed by atoms with van der Waals surface area (Å²) in [7, 11) is 0. The van der Waals surface area contributed by atoms with Crippen LogP contribution in [-0.2, 0) is 0 Å². The monoisotopic (exact) mass is 354 g/mol. The van der Waals surface area contributed by atoms with E-state index in [1.807, 2.05) is 19.1 Å². The number of carbonyl (C=O) groups excluding carboxylic acids is 1. The smallest absolute Gasteiger partial charge is 0.410 e. The molecule has 1 heterocycles. The third-order valence-corrected chi connectivity index (χ3v) is 3.46. The van der Waals surface area contributed by atoms with Gasteiger partial charge in [0.2, 0.25) is 0 Å². The van der Waals surface area contributed by atoms with Gasteiger partial charge in [0.05, 0.1) is 0 Å². The van der Waals surface area contributed by atoms with E-state index in [0.717, 1.165) is 11.4 Å². The van der Waals surface area contributed by atoms with Crippen molar-refractivity contribution in [2.24, 2.45) is 0 Å². The van der Waals surface area contributed by atoms with Gasteiger partial charge in [0.25, 0.3) is 0 Å². The number of hydrogen-bond acceptors (Lipinski definition) is 5. The number of hydrogen-bond donors (Lipinski definition) is 2. The average molecular weight is 355 g/mol. The van der Waals surface area contributed by atoms with Crippen LogP contribution in [0, 0.1) is 6.92 Å². The minimum Gasteiger partial charge on any atom is -0.410 e. The number of aromatic nitrogens is 2. The molecule has 126 valence electrons. The molecule has 0 radical (unpaired) electrons. The van der Waals surface area contributed by atoms with Gasteiger partial charge in [0.15, 0.2) is 0 Å². The lowest BCUT2D eigenvalue weighted by molar-refractivity contribution is 0.215. The van der Waals surface area contributed by atoms with Gasteiger partial charge in [-0.2, -0.15) is 0 Å². The van der Waals surface area contributed by atoms with Crippen LogP contribution in [0.15, 0.2) is 60.9 Å². The van der Waals surface area contributed by atoms with Gasteiger partial charge >= 0.3 is 6.09 Å². The van der Waals surface area contributed by atoms with Gasteiger partial charge < -0.3 is 10.1 Å². The Morgan fingerprint density at radius 2 is 1.84 bits per heavy atom. The van der Waals surface area contributed by atoms with Gasteiger partial charge in [-0.05, 0) is 43.3 Å². The van der Waals surface area contributed by atoms with Gasteiger partial charge in [-0.1, -0.05) is 17.7 Å². The zero-order valence-corrected chi connectivity index (χ0v) is 14.1. The van der Waals surface area contributed by atoms with Crippen molar-refractivity contribution in [3.63, 3.8) is 0 Å². The number of ether oxygens (including phenoxy) is 1. The Bertz CT molecular complexity index is 884. The highest BCUT2D eigenvalue weighted by atomic mass is 35.5. The van der Waals surface area contributed by atoms with Crippen molar-refractivity contribution in [2.45, 2.75) is 6.92 Å². The standard InChI is InChI=1S/C18H15ClN4O2/c1-12-9-17(21-11-20-12)22-15-3-2-4-16(10-15)25-18(24)23-14-7-5-13(19)6-8-14/h2-11H,1H3,(H,23,24)(H,20,21,22). The maximum atomic E-state index is 12.0. The molecule has 1 amide bonds. The molecule has 0 spiro atoms. The first-order valence-electron chi connectivity index (χ1n) is 7.49. The molecule has 3 rings (SSSR count). The van der Waals surface area contributed by atoms with Crippen molar-refractivity contribution in [1.82, 2.24) is 9.97 Å². The SMILES string of the molecule is Cc1cc(Nc2cccc(OC(=O)Nc3ccc(Cl)cc3)c2)ncn1. The van der Waals surface area contributed by atoms with Crippen LogP contribution < -0.4 is 15.4 Å². The minimum absolute atomic E-state index is 0.405. The lowest BCUT2D eigenvalue weighted by atomic mass is 10.3. The molecule has 25 heavy (non-hydrogen) atoms. The van der Waals surface area contributed by atoms with E-state index < -0.39 is 6.09 Å². The van der Waals surface area contributed by atoms with E-state index in [1.54, 1.807) is 42.5 Å². The van der Waals surface area contributed by atoms with Crippen molar-refractivity contribution in [1.29, 1.82) is 0 Å². The number of amides is 1. The summed E-state index contributed by atoms with van der Waals surface area (Å²) in [6, 6.07) is 15.6. The van der Waals surface area contributed by atoms with E-state index in [-0.39, 0.29) is 0 Å². The normalized spacial score (nSPS) is 10.2. The molecule has 0 aliphatic rings. The Morgan fingerprint density at radius 3 is 2.60 bits per heavy atom. The average Bonchev–Trinajstić information content (AvgIpc) is 2.57. The third-order valence-electron chi connectivity index (χ3n) is 3.21. The molecule has 2 N–H and O–H groups in total. The number of rotatable bonds is 4. The van der Waals surface area contributed by atoms with Crippen molar-refractivity contribution in [3.8, 4) is 5.75 Å². The Morgan fingerprint density at radius 1 is 1.04 bits per heavy atom. The van der Waals surface area contributed by atoms with E-state index in [0.29, 0.717) is 22.3 Å². The topological polar surface area (TPSA) is 76.1 Å². The third kappa shape index (κ3) is 4.92. The molecule has 3 aromatic rings. The first-order valence-corrected chi connectivity index (χ1v) is 7.86. The molecule has 0 aliphatic heterocycles. The number of carbonyl (C=O) groups is 1. The van der Waals surface area contributed by atoms with Crippen LogP contribution in [0.25, 0.3) is 0 Å². The maximum Gasteiger partial charge on any atom is 0.417 e. The van der Waals surface area contributed by atoms with Crippen LogP contribution in [-0.4, -0.2) is 16.1 Å². The molecule has 0 fully saturated rings. The Balaban J connectivity index is 1.64. The van der Waals surface area contributed by atoms with Crippen molar-refractivity contribution in [3.05, 3.63) is 71.6 Å². The molecule has 7 heteroatoms. The predicted molar refractivity (Wildman–Crippen MR) is 97.6 cm³/mol. The van der Waals surface area contributed by atoms with Crippen LogP contribution in [0.4, 0.5) is 22.0 Å². The number of nitrogens with one attached hydrogen (secondary N) is 2. The second-order valence-corrected chi connectivity index (χ2v) is 5.66. The van der Waals surface area contributed by atoms with Crippen LogP contribution in [0.3, 0.4) is 0 Å². The molecular formula is C18H15ClN4O2. The summed E-state index contributed by atoms with van der Waals surface area (Å²) in [5.41, 5.74) is 2.20. The summed E-state index contributed by atoms with van der Waals surface area (Å²) in [5.74, 6) is 1.07. The van der Waals surface area contributed by atoms with E-state index in [2.05, 4.69) is 20.6 Å². The van der Waals surface area contributed by atoms with Crippen LogP contribution in [0.5, 0.6) is 5.75 Å². The van der Waals surface area contributed by atoms with Crippen LogP contribution >= 0.6 is 11.6 Å². The Kier molecular flexibility index (Phi) is 5.11. The molecule has 0 saturated heterocycles. The van der Waals surface area contributed by atoms with E-state index >= 15 is 0 Å². The molecule has 0 saturated carbocycles. The van der Waals surface area contributed by atoms with E-state index in [4.69, 9.17) is 16.3 Å². The van der Waals surface area contributed by atoms with Crippen LogP contribution in [0.2, 0.25) is 5.02 Å². The summed E-state index contributed by atoms with van der Waals surface area (Å²) in [6.45, 7) is 1.88. The van der Waals surface area contributed by atoms with Gasteiger partial charge in [-0.15, -0.1) is 0 Å². The fraction of sp³-hybridized carbons (Fsp3) is 0.0556. The van der Waals surface area contributed by atoms with Crippen LogP contribution in [0.1, 0.15) is 5.69 Å². The summed E-state index contributed by atoms with van der Waals surface area (Å²) in [4.78, 5) is 20.2. The van der Waals surface area contributed by atoms with Crippen molar-refractivity contribution < 1.29 is 9.53 Å². The Hall–Kier alpha value is -3.12. The minimum atomic E-state index is -0.586. The van der Waals surface area contributed by atoms with E-state index in [1.165, 1.54) is 6.33 Å². The highest BCUT2D eigenvalue weighted by Crippen LogP contribution is 2.21. The first-order chi connectivity index (χ1) is 12.1. The van der Waals surface area contributed by atoms with Gasteiger partial charge in [0.1, 0.15) is 17.9 Å². The lowest BCUT2D eigenvalue weighted by Crippen LogP contribution is -2.16. The Labute approximate surface area is 149 Å². The summed E-state index contributed by atoms with van der Waals surface area (Å²) in [5, 5.41) is 6.37. The lowest BCUT2D eigenvalue weighted by Gasteiger charge is -2.09. The quantitative estimate of drug-likeness (QED) is 0.704. The molecule has 0 unspecified atom stereocenters. The number of halogens is 1. The number of nitrogens with zero attached hydrogens (tertiary/aromatic N) is 2. The molecule has 2 aromatic carbocycles. The maximum absolute atomic E-state index is 12.0. The highest BCUT2D eigenvalue weighted by molar-refractivity contribution is 6.30. The first kappa shape index (κ1) is 16.7. The molecular weight excluding hydrogens is 340 g/mol. The zero-order chi connectivity index (χ0) is 17.6. The summed E-state index contributed by atoms with van der Waals surface area (Å²) in [6.07, 6.45) is 0.898. The molecule has 6 nitrogen and oxygen atoms in total. The predicted octanol–water partition coefficient (Wildman–Crippen LogP) is 4.79. The van der Waals surface area contributed by atoms with Gasteiger partial charge in [-0.3, -0.25) is 5.32 Å². The van der Waals surface area contributed by atoms with E-state index in [9.17, 15) is 4.79 Å². The number of anilines is 3. The number of aryl methyl sites for hydroxylation is 1. The second kappa shape index (κ2) is 7.63. The van der Waals surface area contributed by atoms with Gasteiger partial charge in [-0.25, -0.2) is 14.8 Å². The molecule has 1 aromatic heterocycles.